The van der Waals surface area contributed by atoms with Crippen LogP contribution >= 0.6 is 23.1 Å². The SMILES string of the molecule is CC(=O)N(c1ccc(C)c(C)c1)c1nc(CSc2nncn2N)cs1. The van der Waals surface area contributed by atoms with Crippen molar-refractivity contribution in [1.82, 2.24) is 19.9 Å². The molecule has 0 aliphatic rings. The van der Waals surface area contributed by atoms with E-state index in [1.54, 1.807) is 11.8 Å². The van der Waals surface area contributed by atoms with Crippen molar-refractivity contribution in [1.29, 1.82) is 0 Å². The summed E-state index contributed by atoms with van der Waals surface area (Å²) in [5.41, 5.74) is 4.02. The predicted octanol–water partition coefficient (Wildman–Crippen LogP) is 3.04. The van der Waals surface area contributed by atoms with Gasteiger partial charge >= 0.3 is 0 Å². The summed E-state index contributed by atoms with van der Waals surface area (Å²) in [6.07, 6.45) is 1.45. The highest BCUT2D eigenvalue weighted by Gasteiger charge is 2.18. The first-order valence-electron chi connectivity index (χ1n) is 7.56. The zero-order valence-corrected chi connectivity index (χ0v) is 15.8. The molecule has 0 spiro atoms. The number of thioether (sulfide) groups is 1. The highest BCUT2D eigenvalue weighted by Crippen LogP contribution is 2.31. The molecule has 0 atom stereocenters. The van der Waals surface area contributed by atoms with Gasteiger partial charge in [0, 0.05) is 18.1 Å². The average Bonchev–Trinajstić information content (AvgIpc) is 3.18. The summed E-state index contributed by atoms with van der Waals surface area (Å²) in [6, 6.07) is 5.96. The maximum atomic E-state index is 12.2. The fraction of sp³-hybridized carbons (Fsp3) is 0.250. The van der Waals surface area contributed by atoms with Crippen molar-refractivity contribution in [2.24, 2.45) is 0 Å². The van der Waals surface area contributed by atoms with Gasteiger partial charge in [0.25, 0.3) is 0 Å². The summed E-state index contributed by atoms with van der Waals surface area (Å²) in [5, 5.41) is 10.9. The highest BCUT2D eigenvalue weighted by molar-refractivity contribution is 7.98. The van der Waals surface area contributed by atoms with Gasteiger partial charge in [0.2, 0.25) is 11.1 Å². The Labute approximate surface area is 153 Å². The number of aromatic nitrogens is 4. The van der Waals surface area contributed by atoms with E-state index in [-0.39, 0.29) is 5.91 Å². The van der Waals surface area contributed by atoms with Crippen LogP contribution in [0.4, 0.5) is 10.8 Å². The molecule has 0 aliphatic carbocycles. The smallest absolute Gasteiger partial charge is 0.230 e. The Balaban J connectivity index is 1.81. The van der Waals surface area contributed by atoms with E-state index >= 15 is 0 Å². The number of carbonyl (C=O) groups excluding carboxylic acids is 1. The molecule has 0 saturated carbocycles. The minimum absolute atomic E-state index is 0.0708. The summed E-state index contributed by atoms with van der Waals surface area (Å²) in [5.74, 6) is 6.23. The van der Waals surface area contributed by atoms with Crippen LogP contribution in [-0.4, -0.2) is 25.8 Å². The van der Waals surface area contributed by atoms with E-state index in [0.717, 1.165) is 16.9 Å². The second kappa shape index (κ2) is 7.24. The molecule has 130 valence electrons. The molecule has 0 aliphatic heterocycles. The Bertz CT molecular complexity index is 904. The number of hydrogen-bond acceptors (Lipinski definition) is 7. The van der Waals surface area contributed by atoms with Crippen molar-refractivity contribution in [2.45, 2.75) is 31.7 Å². The van der Waals surface area contributed by atoms with Gasteiger partial charge in [0.1, 0.15) is 6.33 Å². The van der Waals surface area contributed by atoms with Crippen LogP contribution in [0.5, 0.6) is 0 Å². The number of amides is 1. The van der Waals surface area contributed by atoms with Gasteiger partial charge in [-0.1, -0.05) is 17.8 Å². The molecule has 0 radical (unpaired) electrons. The minimum atomic E-state index is -0.0708. The van der Waals surface area contributed by atoms with E-state index < -0.39 is 0 Å². The van der Waals surface area contributed by atoms with Crippen molar-refractivity contribution < 1.29 is 4.79 Å². The fourth-order valence-electron chi connectivity index (χ4n) is 2.23. The molecule has 1 amide bonds. The van der Waals surface area contributed by atoms with E-state index in [0.29, 0.717) is 16.0 Å². The van der Waals surface area contributed by atoms with Gasteiger partial charge in [-0.3, -0.25) is 9.69 Å². The molecule has 25 heavy (non-hydrogen) atoms. The van der Waals surface area contributed by atoms with E-state index in [1.807, 2.05) is 37.4 Å². The Morgan fingerprint density at radius 2 is 2.16 bits per heavy atom. The molecule has 9 heteroatoms. The van der Waals surface area contributed by atoms with Gasteiger partial charge in [0.15, 0.2) is 5.13 Å². The van der Waals surface area contributed by atoms with Crippen molar-refractivity contribution in [3.8, 4) is 0 Å². The quantitative estimate of drug-likeness (QED) is 0.545. The van der Waals surface area contributed by atoms with Crippen LogP contribution in [0.3, 0.4) is 0 Å². The van der Waals surface area contributed by atoms with Gasteiger partial charge in [-0.25, -0.2) is 9.66 Å². The largest absolute Gasteiger partial charge is 0.336 e. The van der Waals surface area contributed by atoms with Gasteiger partial charge in [-0.2, -0.15) is 0 Å². The molecule has 1 aromatic carbocycles. The topological polar surface area (TPSA) is 89.9 Å². The Morgan fingerprint density at radius 1 is 1.36 bits per heavy atom. The van der Waals surface area contributed by atoms with Gasteiger partial charge in [0.05, 0.1) is 11.4 Å². The molecule has 3 aromatic rings. The van der Waals surface area contributed by atoms with Gasteiger partial charge in [-0.15, -0.1) is 21.5 Å². The van der Waals surface area contributed by atoms with E-state index in [4.69, 9.17) is 5.84 Å². The lowest BCUT2D eigenvalue weighted by molar-refractivity contribution is -0.115. The Kier molecular flexibility index (Phi) is 5.05. The lowest BCUT2D eigenvalue weighted by Crippen LogP contribution is -2.22. The minimum Gasteiger partial charge on any atom is -0.336 e. The summed E-state index contributed by atoms with van der Waals surface area (Å²) >= 11 is 2.88. The van der Waals surface area contributed by atoms with E-state index in [2.05, 4.69) is 15.2 Å². The number of nitrogens with zero attached hydrogens (tertiary/aromatic N) is 5. The van der Waals surface area contributed by atoms with E-state index in [1.165, 1.54) is 39.7 Å². The fourth-order valence-corrected chi connectivity index (χ4v) is 3.95. The maximum absolute atomic E-state index is 12.2. The van der Waals surface area contributed by atoms with Crippen LogP contribution in [0.15, 0.2) is 35.1 Å². The van der Waals surface area contributed by atoms with Crippen LogP contribution in [0.25, 0.3) is 0 Å². The summed E-state index contributed by atoms with van der Waals surface area (Å²) < 4.78 is 1.37. The van der Waals surface area contributed by atoms with Crippen LogP contribution < -0.4 is 10.7 Å². The van der Waals surface area contributed by atoms with Crippen LogP contribution in [0.1, 0.15) is 23.7 Å². The molecule has 0 bridgehead atoms. The Hall–Kier alpha value is -2.39. The van der Waals surface area contributed by atoms with E-state index in [9.17, 15) is 4.79 Å². The normalized spacial score (nSPS) is 10.8. The third kappa shape index (κ3) is 3.83. The number of nitrogen functional groups attached to an aromatic ring is 1. The Morgan fingerprint density at radius 3 is 2.80 bits per heavy atom. The molecule has 0 fully saturated rings. The zero-order chi connectivity index (χ0) is 18.0. The average molecular weight is 374 g/mol. The molecular formula is C16H18N6OS2. The summed E-state index contributed by atoms with van der Waals surface area (Å²) in [6.45, 7) is 5.62. The standard InChI is InChI=1S/C16H18N6OS2/c1-10-4-5-14(6-11(10)2)22(12(3)23)15-19-13(7-24-15)8-25-16-20-18-9-21(16)17/h4-7,9H,8,17H2,1-3H3. The van der Waals surface area contributed by atoms with Crippen molar-refractivity contribution in [2.75, 3.05) is 10.7 Å². The lowest BCUT2D eigenvalue weighted by atomic mass is 10.1. The predicted molar refractivity (Wildman–Crippen MR) is 101 cm³/mol. The molecular weight excluding hydrogens is 356 g/mol. The van der Waals surface area contributed by atoms with Crippen molar-refractivity contribution >= 4 is 39.8 Å². The second-order valence-electron chi connectivity index (χ2n) is 5.55. The summed E-state index contributed by atoms with van der Waals surface area (Å²) in [4.78, 5) is 18.4. The number of carbonyl (C=O) groups is 1. The molecule has 2 heterocycles. The summed E-state index contributed by atoms with van der Waals surface area (Å²) in [7, 11) is 0. The third-order valence-corrected chi connectivity index (χ3v) is 5.55. The third-order valence-electron chi connectivity index (χ3n) is 3.68. The monoisotopic (exact) mass is 374 g/mol. The highest BCUT2D eigenvalue weighted by atomic mass is 32.2. The second-order valence-corrected chi connectivity index (χ2v) is 7.33. The lowest BCUT2D eigenvalue weighted by Gasteiger charge is -2.19. The number of aryl methyl sites for hydroxylation is 2. The van der Waals surface area contributed by atoms with Crippen LogP contribution in [-0.2, 0) is 10.5 Å². The molecule has 0 unspecified atom stereocenters. The number of rotatable bonds is 5. The molecule has 3 rings (SSSR count). The number of nitrogens with two attached hydrogens (primary N) is 1. The number of anilines is 2. The van der Waals surface area contributed by atoms with Crippen LogP contribution in [0.2, 0.25) is 0 Å². The number of thiazole rings is 1. The molecule has 7 nitrogen and oxygen atoms in total. The first-order chi connectivity index (χ1) is 12.0. The molecule has 2 N–H and O–H groups in total. The van der Waals surface area contributed by atoms with Gasteiger partial charge in [-0.05, 0) is 37.1 Å². The first-order valence-corrected chi connectivity index (χ1v) is 9.42. The van der Waals surface area contributed by atoms with Gasteiger partial charge < -0.3 is 5.84 Å². The number of hydrogen-bond donors (Lipinski definition) is 1. The number of benzene rings is 1. The molecule has 0 saturated heterocycles. The van der Waals surface area contributed by atoms with Crippen LogP contribution in [0, 0.1) is 13.8 Å². The first kappa shape index (κ1) is 17.4. The zero-order valence-electron chi connectivity index (χ0n) is 14.1. The van der Waals surface area contributed by atoms with Crippen molar-refractivity contribution in [3.63, 3.8) is 0 Å². The van der Waals surface area contributed by atoms with Crippen molar-refractivity contribution in [3.05, 3.63) is 46.7 Å². The maximum Gasteiger partial charge on any atom is 0.230 e. The molecule has 2 aromatic heterocycles.